The second-order valence-corrected chi connectivity index (χ2v) is 5.94. The number of carboxylic acid groups (broad SMARTS) is 1. The molecule has 1 spiro atoms. The predicted octanol–water partition coefficient (Wildman–Crippen LogP) is 2.42. The minimum absolute atomic E-state index is 0.259. The fraction of sp³-hybridized carbons (Fsp3) is 0.500. The molecule has 1 heterocycles. The number of hydrogen-bond acceptors (Lipinski definition) is 3. The van der Waals surface area contributed by atoms with Crippen LogP contribution >= 0.6 is 0 Å². The van der Waals surface area contributed by atoms with E-state index in [9.17, 15) is 9.59 Å². The number of aromatic carboxylic acids is 1. The van der Waals surface area contributed by atoms with Gasteiger partial charge in [-0.05, 0) is 42.5 Å². The van der Waals surface area contributed by atoms with E-state index in [-0.39, 0.29) is 11.5 Å². The number of benzene rings is 1. The maximum Gasteiger partial charge on any atom is 0.335 e. The van der Waals surface area contributed by atoms with Gasteiger partial charge in [-0.15, -0.1) is 0 Å². The molecular weight excluding hydrogens is 268 g/mol. The number of nitrogens with one attached hydrogen (secondary N) is 1. The van der Waals surface area contributed by atoms with E-state index in [1.54, 1.807) is 12.1 Å². The Kier molecular flexibility index (Phi) is 4.83. The zero-order valence-corrected chi connectivity index (χ0v) is 12.1. The van der Waals surface area contributed by atoms with Gasteiger partial charge in [0, 0.05) is 18.7 Å². The molecule has 1 saturated heterocycles. The number of carbonyl (C=O) groups is 2. The average Bonchev–Trinajstić information content (AvgIpc) is 2.81. The van der Waals surface area contributed by atoms with Gasteiger partial charge in [-0.25, -0.2) is 4.79 Å². The Hall–Kier alpha value is -2.04. The van der Waals surface area contributed by atoms with Gasteiger partial charge in [0.25, 0.3) is 0 Å². The van der Waals surface area contributed by atoms with E-state index >= 15 is 0 Å². The molecule has 1 aromatic rings. The monoisotopic (exact) mass is 290 g/mol. The smallest absolute Gasteiger partial charge is 0.335 e. The van der Waals surface area contributed by atoms with Gasteiger partial charge in [0.1, 0.15) is 0 Å². The van der Waals surface area contributed by atoms with Crippen molar-refractivity contribution in [3.8, 4) is 0 Å². The lowest BCUT2D eigenvalue weighted by Gasteiger charge is -2.31. The molecule has 3 rings (SSSR count). The molecule has 5 heteroatoms. The first kappa shape index (κ1) is 15.4. The molecular formula is C16H22N2O3. The van der Waals surface area contributed by atoms with Crippen molar-refractivity contribution >= 4 is 17.6 Å². The first-order valence-electron chi connectivity index (χ1n) is 7.36. The summed E-state index contributed by atoms with van der Waals surface area (Å²) in [5.74, 6) is -0.660. The minimum atomic E-state index is -0.931. The Labute approximate surface area is 124 Å². The third-order valence-corrected chi connectivity index (χ3v) is 4.27. The van der Waals surface area contributed by atoms with Crippen molar-refractivity contribution in [2.75, 3.05) is 12.3 Å². The number of amides is 1. The third kappa shape index (κ3) is 4.21. The zero-order chi connectivity index (χ0) is 15.3. The molecule has 0 aromatic heterocycles. The summed E-state index contributed by atoms with van der Waals surface area (Å²) in [7, 11) is 0. The second kappa shape index (κ2) is 6.61. The molecule has 21 heavy (non-hydrogen) atoms. The molecule has 0 unspecified atom stereocenters. The number of rotatable bonds is 1. The summed E-state index contributed by atoms with van der Waals surface area (Å²) in [6.07, 6.45) is 7.37. The van der Waals surface area contributed by atoms with Crippen molar-refractivity contribution in [3.05, 3.63) is 29.8 Å². The summed E-state index contributed by atoms with van der Waals surface area (Å²) in [4.78, 5) is 21.3. The van der Waals surface area contributed by atoms with Gasteiger partial charge in [0.2, 0.25) is 5.91 Å². The standard InChI is InChI=1S/C9H15NO.C7H7NO2/c11-8-6-9(7-10-8)4-2-1-3-5-9;8-6-3-1-5(2-4-6)7(9)10/h1-7H2,(H,10,11);1-4H,8H2,(H,9,10). The Bertz CT molecular complexity index is 505. The van der Waals surface area contributed by atoms with E-state index in [4.69, 9.17) is 10.8 Å². The van der Waals surface area contributed by atoms with E-state index in [1.165, 1.54) is 44.2 Å². The maximum atomic E-state index is 11.0. The highest BCUT2D eigenvalue weighted by Crippen LogP contribution is 2.40. The highest BCUT2D eigenvalue weighted by Gasteiger charge is 2.38. The van der Waals surface area contributed by atoms with Crippen molar-refractivity contribution < 1.29 is 14.7 Å². The van der Waals surface area contributed by atoms with Gasteiger partial charge < -0.3 is 16.2 Å². The van der Waals surface area contributed by atoms with E-state index in [0.717, 1.165) is 13.0 Å². The van der Waals surface area contributed by atoms with Gasteiger partial charge >= 0.3 is 5.97 Å². The number of carboxylic acids is 1. The lowest BCUT2D eigenvalue weighted by Crippen LogP contribution is -2.26. The van der Waals surface area contributed by atoms with Crippen molar-refractivity contribution in [1.82, 2.24) is 5.32 Å². The van der Waals surface area contributed by atoms with E-state index in [1.807, 2.05) is 0 Å². The van der Waals surface area contributed by atoms with Crippen LogP contribution in [0.1, 0.15) is 48.9 Å². The van der Waals surface area contributed by atoms with Crippen LogP contribution in [-0.2, 0) is 4.79 Å². The van der Waals surface area contributed by atoms with E-state index < -0.39 is 5.97 Å². The molecule has 2 fully saturated rings. The normalized spacial score (nSPS) is 19.5. The number of nitrogen functional groups attached to an aromatic ring is 1. The molecule has 1 aliphatic carbocycles. The lowest BCUT2D eigenvalue weighted by atomic mass is 9.73. The zero-order valence-electron chi connectivity index (χ0n) is 12.1. The molecule has 0 bridgehead atoms. The maximum absolute atomic E-state index is 11.0. The summed E-state index contributed by atoms with van der Waals surface area (Å²) >= 11 is 0. The Morgan fingerprint density at radius 1 is 1.14 bits per heavy atom. The van der Waals surface area contributed by atoms with Gasteiger partial charge in [-0.3, -0.25) is 4.79 Å². The van der Waals surface area contributed by atoms with Crippen LogP contribution in [0, 0.1) is 5.41 Å². The summed E-state index contributed by atoms with van der Waals surface area (Å²) in [5.41, 5.74) is 6.55. The number of nitrogens with two attached hydrogens (primary N) is 1. The van der Waals surface area contributed by atoms with Crippen LogP contribution in [0.15, 0.2) is 24.3 Å². The topological polar surface area (TPSA) is 92.4 Å². The molecule has 0 atom stereocenters. The number of anilines is 1. The highest BCUT2D eigenvalue weighted by molar-refractivity contribution is 5.87. The van der Waals surface area contributed by atoms with Crippen LogP contribution in [0.4, 0.5) is 5.69 Å². The quantitative estimate of drug-likeness (QED) is 0.692. The molecule has 114 valence electrons. The van der Waals surface area contributed by atoms with Crippen LogP contribution in [0.25, 0.3) is 0 Å². The molecule has 0 radical (unpaired) electrons. The van der Waals surface area contributed by atoms with Gasteiger partial charge in [0.05, 0.1) is 5.56 Å². The minimum Gasteiger partial charge on any atom is -0.478 e. The molecule has 1 amide bonds. The second-order valence-electron chi connectivity index (χ2n) is 5.94. The lowest BCUT2D eigenvalue weighted by molar-refractivity contribution is -0.119. The van der Waals surface area contributed by atoms with Gasteiger partial charge in [0.15, 0.2) is 0 Å². The Morgan fingerprint density at radius 2 is 1.76 bits per heavy atom. The van der Waals surface area contributed by atoms with Crippen LogP contribution in [0.5, 0.6) is 0 Å². The summed E-state index contributed by atoms with van der Waals surface area (Å²) in [6, 6.07) is 6.06. The average molecular weight is 290 g/mol. The van der Waals surface area contributed by atoms with Crippen molar-refractivity contribution in [1.29, 1.82) is 0 Å². The third-order valence-electron chi connectivity index (χ3n) is 4.27. The summed E-state index contributed by atoms with van der Waals surface area (Å²) in [6.45, 7) is 0.950. The van der Waals surface area contributed by atoms with Crippen molar-refractivity contribution in [3.63, 3.8) is 0 Å². The summed E-state index contributed by atoms with van der Waals surface area (Å²) < 4.78 is 0. The number of carbonyl (C=O) groups excluding carboxylic acids is 1. The molecule has 1 saturated carbocycles. The van der Waals surface area contributed by atoms with Crippen molar-refractivity contribution in [2.45, 2.75) is 38.5 Å². The van der Waals surface area contributed by atoms with E-state index in [0.29, 0.717) is 11.1 Å². The van der Waals surface area contributed by atoms with Crippen LogP contribution in [-0.4, -0.2) is 23.5 Å². The molecule has 1 aromatic carbocycles. The number of hydrogen-bond donors (Lipinski definition) is 3. The SMILES string of the molecule is Nc1ccc(C(=O)O)cc1.O=C1CC2(CCCCC2)CN1. The van der Waals surface area contributed by atoms with E-state index in [2.05, 4.69) is 5.32 Å². The summed E-state index contributed by atoms with van der Waals surface area (Å²) in [5, 5.41) is 11.4. The van der Waals surface area contributed by atoms with Gasteiger partial charge in [-0.1, -0.05) is 19.3 Å². The predicted molar refractivity (Wildman–Crippen MR) is 81.0 cm³/mol. The first-order chi connectivity index (χ1) is 10.0. The fourth-order valence-corrected chi connectivity index (χ4v) is 3.03. The molecule has 4 N–H and O–H groups in total. The fourth-order valence-electron chi connectivity index (χ4n) is 3.03. The largest absolute Gasteiger partial charge is 0.478 e. The molecule has 2 aliphatic rings. The molecule has 5 nitrogen and oxygen atoms in total. The first-order valence-corrected chi connectivity index (χ1v) is 7.36. The van der Waals surface area contributed by atoms with Gasteiger partial charge in [-0.2, -0.15) is 0 Å². The highest BCUT2D eigenvalue weighted by atomic mass is 16.4. The van der Waals surface area contributed by atoms with Crippen LogP contribution in [0.3, 0.4) is 0 Å². The van der Waals surface area contributed by atoms with Crippen LogP contribution < -0.4 is 11.1 Å². The van der Waals surface area contributed by atoms with Crippen molar-refractivity contribution in [2.24, 2.45) is 5.41 Å². The Balaban J connectivity index is 0.000000155. The van der Waals surface area contributed by atoms with Crippen LogP contribution in [0.2, 0.25) is 0 Å². The Morgan fingerprint density at radius 3 is 2.24 bits per heavy atom. The molecule has 1 aliphatic heterocycles.